The highest BCUT2D eigenvalue weighted by Gasteiger charge is 2.14. The largest absolute Gasteiger partial charge is 0.454 e. The van der Waals surface area contributed by atoms with Crippen LogP contribution < -0.4 is 9.47 Å². The molecule has 3 aromatic rings. The van der Waals surface area contributed by atoms with Gasteiger partial charge in [0.2, 0.25) is 6.79 Å². The number of pyridine rings is 1. The highest BCUT2D eigenvalue weighted by Crippen LogP contribution is 2.37. The van der Waals surface area contributed by atoms with E-state index < -0.39 is 0 Å². The van der Waals surface area contributed by atoms with Crippen LogP contribution in [0.2, 0.25) is 0 Å². The number of aromatic nitrogens is 1. The molecule has 1 aliphatic rings. The molecule has 0 amide bonds. The predicted molar refractivity (Wildman–Crippen MR) is 61.0 cm³/mol. The van der Waals surface area contributed by atoms with E-state index in [9.17, 15) is 0 Å². The third-order valence-corrected chi connectivity index (χ3v) is 3.01. The van der Waals surface area contributed by atoms with E-state index in [2.05, 4.69) is 22.7 Å². The molecule has 0 radical (unpaired) electrons. The first-order valence-electron chi connectivity index (χ1n) is 5.21. The zero-order valence-electron chi connectivity index (χ0n) is 8.51. The van der Waals surface area contributed by atoms with Gasteiger partial charge >= 0.3 is 0 Å². The Labute approximate surface area is 91.8 Å². The molecule has 1 aliphatic heterocycles. The molecule has 1 aromatic carbocycles. The first-order chi connectivity index (χ1) is 7.92. The second-order valence-corrected chi connectivity index (χ2v) is 3.91. The van der Waals surface area contributed by atoms with E-state index in [0.717, 1.165) is 11.5 Å². The van der Waals surface area contributed by atoms with Crippen LogP contribution in [0, 0.1) is 0 Å². The lowest BCUT2D eigenvalue weighted by Gasteiger charge is -2.03. The van der Waals surface area contributed by atoms with Gasteiger partial charge in [0.1, 0.15) is 0 Å². The molecule has 0 fully saturated rings. The van der Waals surface area contributed by atoms with Crippen molar-refractivity contribution in [3.63, 3.8) is 0 Å². The third kappa shape index (κ3) is 0.922. The monoisotopic (exact) mass is 211 g/mol. The van der Waals surface area contributed by atoms with E-state index >= 15 is 0 Å². The van der Waals surface area contributed by atoms with E-state index in [1.807, 2.05) is 24.4 Å². The molecule has 0 saturated carbocycles. The van der Waals surface area contributed by atoms with Crippen LogP contribution in [0.5, 0.6) is 11.5 Å². The first-order valence-corrected chi connectivity index (χ1v) is 5.21. The summed E-state index contributed by atoms with van der Waals surface area (Å²) in [7, 11) is 0. The Morgan fingerprint density at radius 2 is 1.88 bits per heavy atom. The molecular weight excluding hydrogens is 202 g/mol. The molecule has 78 valence electrons. The lowest BCUT2D eigenvalue weighted by atomic mass is 10.1. The predicted octanol–water partition coefficient (Wildman–Crippen LogP) is 2.82. The van der Waals surface area contributed by atoms with Gasteiger partial charge in [-0.15, -0.1) is 0 Å². The molecule has 2 aromatic heterocycles. The van der Waals surface area contributed by atoms with Gasteiger partial charge in [0.25, 0.3) is 0 Å². The van der Waals surface area contributed by atoms with Gasteiger partial charge in [-0.25, -0.2) is 0 Å². The second kappa shape index (κ2) is 2.70. The van der Waals surface area contributed by atoms with Gasteiger partial charge in [-0.2, -0.15) is 0 Å². The Hall–Kier alpha value is -2.16. The fraction of sp³-hybridized carbons (Fsp3) is 0.0769. The van der Waals surface area contributed by atoms with Gasteiger partial charge in [-0.3, -0.25) is 0 Å². The van der Waals surface area contributed by atoms with Crippen LogP contribution in [0.4, 0.5) is 0 Å². The van der Waals surface area contributed by atoms with Gasteiger partial charge in [-0.05, 0) is 35.7 Å². The molecule has 0 spiro atoms. The molecule has 3 heteroatoms. The normalized spacial score (nSPS) is 13.8. The van der Waals surface area contributed by atoms with Crippen molar-refractivity contribution in [2.75, 3.05) is 6.79 Å². The minimum atomic E-state index is 0.322. The Bertz CT molecular complexity index is 700. The lowest BCUT2D eigenvalue weighted by Crippen LogP contribution is -1.92. The average molecular weight is 211 g/mol. The number of fused-ring (bicyclic) bond motifs is 4. The van der Waals surface area contributed by atoms with Crippen molar-refractivity contribution in [2.24, 2.45) is 0 Å². The van der Waals surface area contributed by atoms with Crippen molar-refractivity contribution in [1.82, 2.24) is 4.40 Å². The topological polar surface area (TPSA) is 22.9 Å². The van der Waals surface area contributed by atoms with Crippen LogP contribution >= 0.6 is 0 Å². The molecule has 0 unspecified atom stereocenters. The molecule has 16 heavy (non-hydrogen) atoms. The van der Waals surface area contributed by atoms with Crippen molar-refractivity contribution in [3.05, 3.63) is 42.7 Å². The van der Waals surface area contributed by atoms with Crippen LogP contribution in [-0.4, -0.2) is 11.2 Å². The molecular formula is C13H9NO2. The highest BCUT2D eigenvalue weighted by molar-refractivity contribution is 5.98. The maximum absolute atomic E-state index is 5.40. The van der Waals surface area contributed by atoms with Crippen molar-refractivity contribution in [3.8, 4) is 11.5 Å². The number of hydrogen-bond donors (Lipinski definition) is 0. The molecule has 4 rings (SSSR count). The molecule has 3 nitrogen and oxygen atoms in total. The number of rotatable bonds is 0. The average Bonchev–Trinajstić information content (AvgIpc) is 2.94. The number of benzene rings is 1. The van der Waals surface area contributed by atoms with Gasteiger partial charge in [0.15, 0.2) is 11.5 Å². The molecule has 0 saturated heterocycles. The Kier molecular flexibility index (Phi) is 1.36. The third-order valence-electron chi connectivity index (χ3n) is 3.01. The molecule has 0 atom stereocenters. The first kappa shape index (κ1) is 8.05. The summed E-state index contributed by atoms with van der Waals surface area (Å²) in [5.41, 5.74) is 1.19. The van der Waals surface area contributed by atoms with Crippen LogP contribution in [-0.2, 0) is 0 Å². The SMILES string of the molecule is c1cc2c3cc4c(cc3ccn2c1)OCO4. The minimum absolute atomic E-state index is 0.322. The quantitative estimate of drug-likeness (QED) is 0.570. The van der Waals surface area contributed by atoms with E-state index in [-0.39, 0.29) is 0 Å². The summed E-state index contributed by atoms with van der Waals surface area (Å²) < 4.78 is 12.9. The summed E-state index contributed by atoms with van der Waals surface area (Å²) in [5.74, 6) is 1.67. The van der Waals surface area contributed by atoms with Crippen LogP contribution in [0.15, 0.2) is 42.7 Å². The summed E-state index contributed by atoms with van der Waals surface area (Å²) in [4.78, 5) is 0. The van der Waals surface area contributed by atoms with E-state index in [1.54, 1.807) is 0 Å². The number of nitrogens with zero attached hydrogens (tertiary/aromatic N) is 1. The van der Waals surface area contributed by atoms with Crippen LogP contribution in [0.3, 0.4) is 0 Å². The van der Waals surface area contributed by atoms with Gasteiger partial charge in [0.05, 0.1) is 5.52 Å². The number of ether oxygens (including phenoxy) is 2. The maximum atomic E-state index is 5.40. The second-order valence-electron chi connectivity index (χ2n) is 3.91. The van der Waals surface area contributed by atoms with Crippen molar-refractivity contribution in [2.45, 2.75) is 0 Å². The van der Waals surface area contributed by atoms with Gasteiger partial charge in [-0.1, -0.05) is 0 Å². The smallest absolute Gasteiger partial charge is 0.231 e. The maximum Gasteiger partial charge on any atom is 0.231 e. The van der Waals surface area contributed by atoms with Crippen LogP contribution in [0.25, 0.3) is 16.3 Å². The molecule has 0 bridgehead atoms. The standard InChI is InChI=1S/C13H9NO2/c1-2-11-10-7-13-12(15-8-16-13)6-9(10)3-5-14(11)4-1/h1-7H,8H2. The fourth-order valence-electron chi connectivity index (χ4n) is 2.23. The van der Waals surface area contributed by atoms with Crippen molar-refractivity contribution >= 4 is 16.3 Å². The Morgan fingerprint density at radius 1 is 1.00 bits per heavy atom. The summed E-state index contributed by atoms with van der Waals surface area (Å²) >= 11 is 0. The Balaban J connectivity index is 2.20. The van der Waals surface area contributed by atoms with Crippen molar-refractivity contribution in [1.29, 1.82) is 0 Å². The zero-order chi connectivity index (χ0) is 10.5. The number of hydrogen-bond acceptors (Lipinski definition) is 2. The van der Waals surface area contributed by atoms with Crippen molar-refractivity contribution < 1.29 is 9.47 Å². The van der Waals surface area contributed by atoms with Crippen LogP contribution in [0.1, 0.15) is 0 Å². The summed E-state index contributed by atoms with van der Waals surface area (Å²) in [6.07, 6.45) is 4.10. The van der Waals surface area contributed by atoms with E-state index in [1.165, 1.54) is 16.3 Å². The Morgan fingerprint density at radius 3 is 2.81 bits per heavy atom. The lowest BCUT2D eigenvalue weighted by molar-refractivity contribution is 0.174. The molecule has 0 aliphatic carbocycles. The molecule has 3 heterocycles. The highest BCUT2D eigenvalue weighted by atomic mass is 16.7. The van der Waals surface area contributed by atoms with Gasteiger partial charge < -0.3 is 13.9 Å². The zero-order valence-corrected chi connectivity index (χ0v) is 8.51. The van der Waals surface area contributed by atoms with Gasteiger partial charge in [0, 0.05) is 17.8 Å². The van der Waals surface area contributed by atoms with E-state index in [4.69, 9.17) is 9.47 Å². The summed E-state index contributed by atoms with van der Waals surface area (Å²) in [6.45, 7) is 0.322. The summed E-state index contributed by atoms with van der Waals surface area (Å²) in [6, 6.07) is 10.3. The fourth-order valence-corrected chi connectivity index (χ4v) is 2.23. The molecule has 0 N–H and O–H groups in total. The summed E-state index contributed by atoms with van der Waals surface area (Å²) in [5, 5.41) is 2.37. The van der Waals surface area contributed by atoms with E-state index in [0.29, 0.717) is 6.79 Å². The minimum Gasteiger partial charge on any atom is -0.454 e.